The molecule has 0 radical (unpaired) electrons. The summed E-state index contributed by atoms with van der Waals surface area (Å²) in [5.41, 5.74) is 0.647. The highest BCUT2D eigenvalue weighted by Gasteiger charge is 2.39. The first-order valence-corrected chi connectivity index (χ1v) is 7.99. The molecule has 0 aliphatic carbocycles. The Kier molecular flexibility index (Phi) is 4.93. The average molecular weight is 318 g/mol. The standard InChI is InChI=1S/C17H22N2O4/c1-2-3-4-15-18-16(19-23-15)13-5-7-14(8-6-13)22-12-17(9-20)10-21-11-17/h5-8,20H,2-4,9-12H2,1H3. The highest BCUT2D eigenvalue weighted by Crippen LogP contribution is 2.28. The van der Waals surface area contributed by atoms with Crippen molar-refractivity contribution in [3.63, 3.8) is 0 Å². The number of aryl methyl sites for hydroxylation is 1. The van der Waals surface area contributed by atoms with Gasteiger partial charge in [0.15, 0.2) is 0 Å². The topological polar surface area (TPSA) is 77.6 Å². The van der Waals surface area contributed by atoms with Gasteiger partial charge < -0.3 is 19.1 Å². The number of aromatic nitrogens is 2. The van der Waals surface area contributed by atoms with Crippen LogP contribution in [0.1, 0.15) is 25.7 Å². The summed E-state index contributed by atoms with van der Waals surface area (Å²) in [6.07, 6.45) is 2.96. The molecule has 0 saturated carbocycles. The van der Waals surface area contributed by atoms with Crippen LogP contribution in [0.2, 0.25) is 0 Å². The number of rotatable bonds is 8. The van der Waals surface area contributed by atoms with Gasteiger partial charge in [-0.25, -0.2) is 0 Å². The van der Waals surface area contributed by atoms with Crippen LogP contribution in [0.15, 0.2) is 28.8 Å². The molecule has 3 rings (SSSR count). The molecule has 1 aromatic carbocycles. The van der Waals surface area contributed by atoms with Crippen LogP contribution in [0.25, 0.3) is 11.4 Å². The van der Waals surface area contributed by atoms with Crippen molar-refractivity contribution in [1.82, 2.24) is 10.1 Å². The first kappa shape index (κ1) is 16.0. The number of aliphatic hydroxyl groups is 1. The molecule has 6 heteroatoms. The fourth-order valence-electron chi connectivity index (χ4n) is 2.35. The molecule has 1 aromatic heterocycles. The van der Waals surface area contributed by atoms with Gasteiger partial charge in [-0.1, -0.05) is 18.5 Å². The summed E-state index contributed by atoms with van der Waals surface area (Å²) < 4.78 is 16.2. The van der Waals surface area contributed by atoms with Gasteiger partial charge in [0.25, 0.3) is 0 Å². The molecule has 0 atom stereocenters. The van der Waals surface area contributed by atoms with Gasteiger partial charge in [-0.3, -0.25) is 0 Å². The minimum Gasteiger partial charge on any atom is -0.493 e. The van der Waals surface area contributed by atoms with E-state index in [1.807, 2.05) is 24.3 Å². The molecule has 124 valence electrons. The number of ether oxygens (including phenoxy) is 2. The molecule has 0 amide bonds. The van der Waals surface area contributed by atoms with Crippen LogP contribution in [0.4, 0.5) is 0 Å². The van der Waals surface area contributed by atoms with E-state index in [1.54, 1.807) is 0 Å². The summed E-state index contributed by atoms with van der Waals surface area (Å²) in [5, 5.41) is 13.4. The maximum Gasteiger partial charge on any atom is 0.226 e. The lowest BCUT2D eigenvalue weighted by atomic mass is 9.88. The third-order valence-corrected chi connectivity index (χ3v) is 4.02. The van der Waals surface area contributed by atoms with Gasteiger partial charge in [0.05, 0.1) is 25.2 Å². The molecule has 1 aliphatic heterocycles. The molecule has 0 unspecified atom stereocenters. The minimum absolute atomic E-state index is 0.0779. The van der Waals surface area contributed by atoms with E-state index in [0.29, 0.717) is 31.5 Å². The Bertz CT molecular complexity index is 614. The summed E-state index contributed by atoms with van der Waals surface area (Å²) in [6.45, 7) is 3.75. The van der Waals surface area contributed by atoms with Crippen molar-refractivity contribution in [3.8, 4) is 17.1 Å². The average Bonchev–Trinajstić information content (AvgIpc) is 3.02. The Hall–Kier alpha value is -1.92. The van der Waals surface area contributed by atoms with Crippen molar-refractivity contribution in [3.05, 3.63) is 30.2 Å². The van der Waals surface area contributed by atoms with E-state index in [1.165, 1.54) is 0 Å². The highest BCUT2D eigenvalue weighted by atomic mass is 16.5. The van der Waals surface area contributed by atoms with Crippen LogP contribution in [0.3, 0.4) is 0 Å². The summed E-state index contributed by atoms with van der Waals surface area (Å²) >= 11 is 0. The maximum absolute atomic E-state index is 9.38. The van der Waals surface area contributed by atoms with E-state index in [-0.39, 0.29) is 12.0 Å². The first-order chi connectivity index (χ1) is 11.2. The minimum atomic E-state index is -0.249. The van der Waals surface area contributed by atoms with Crippen LogP contribution >= 0.6 is 0 Å². The Morgan fingerprint density at radius 1 is 1.26 bits per heavy atom. The third kappa shape index (κ3) is 3.71. The summed E-state index contributed by atoms with van der Waals surface area (Å²) in [5.74, 6) is 2.03. The molecular weight excluding hydrogens is 296 g/mol. The predicted molar refractivity (Wildman–Crippen MR) is 84.2 cm³/mol. The van der Waals surface area contributed by atoms with Gasteiger partial charge in [0.2, 0.25) is 11.7 Å². The number of benzene rings is 1. The fourth-order valence-corrected chi connectivity index (χ4v) is 2.35. The monoisotopic (exact) mass is 318 g/mol. The van der Waals surface area contributed by atoms with Gasteiger partial charge >= 0.3 is 0 Å². The molecule has 0 bridgehead atoms. The summed E-state index contributed by atoms with van der Waals surface area (Å²) in [4.78, 5) is 4.40. The lowest BCUT2D eigenvalue weighted by molar-refractivity contribution is -0.153. The smallest absolute Gasteiger partial charge is 0.226 e. The van der Waals surface area contributed by atoms with Gasteiger partial charge in [-0.05, 0) is 30.7 Å². The molecule has 0 spiro atoms. The normalized spacial score (nSPS) is 16.1. The van der Waals surface area contributed by atoms with Crippen molar-refractivity contribution in [1.29, 1.82) is 0 Å². The molecule has 1 saturated heterocycles. The van der Waals surface area contributed by atoms with Crippen molar-refractivity contribution < 1.29 is 19.1 Å². The van der Waals surface area contributed by atoms with Crippen LogP contribution < -0.4 is 4.74 Å². The van der Waals surface area contributed by atoms with Crippen molar-refractivity contribution >= 4 is 0 Å². The number of aliphatic hydroxyl groups excluding tert-OH is 1. The van der Waals surface area contributed by atoms with Gasteiger partial charge in [-0.15, -0.1) is 0 Å². The number of nitrogens with zero attached hydrogens (tertiary/aromatic N) is 2. The van der Waals surface area contributed by atoms with E-state index in [4.69, 9.17) is 14.0 Å². The zero-order valence-corrected chi connectivity index (χ0v) is 13.3. The molecule has 2 aromatic rings. The van der Waals surface area contributed by atoms with Crippen LogP contribution in [-0.4, -0.2) is 41.7 Å². The molecule has 1 aliphatic rings. The Morgan fingerprint density at radius 3 is 2.65 bits per heavy atom. The van der Waals surface area contributed by atoms with Crippen molar-refractivity contribution in [2.45, 2.75) is 26.2 Å². The molecule has 23 heavy (non-hydrogen) atoms. The quantitative estimate of drug-likeness (QED) is 0.805. The van der Waals surface area contributed by atoms with E-state index in [0.717, 1.165) is 30.6 Å². The second-order valence-electron chi connectivity index (χ2n) is 6.08. The van der Waals surface area contributed by atoms with E-state index in [9.17, 15) is 5.11 Å². The maximum atomic E-state index is 9.38. The van der Waals surface area contributed by atoms with Crippen LogP contribution in [-0.2, 0) is 11.2 Å². The second kappa shape index (κ2) is 7.10. The molecular formula is C17H22N2O4. The summed E-state index contributed by atoms with van der Waals surface area (Å²) in [7, 11) is 0. The Balaban J connectivity index is 1.59. The van der Waals surface area contributed by atoms with Gasteiger partial charge in [0, 0.05) is 12.0 Å². The zero-order chi connectivity index (χ0) is 16.1. The largest absolute Gasteiger partial charge is 0.493 e. The lowest BCUT2D eigenvalue weighted by Crippen LogP contribution is -2.49. The third-order valence-electron chi connectivity index (χ3n) is 4.02. The fraction of sp³-hybridized carbons (Fsp3) is 0.529. The first-order valence-electron chi connectivity index (χ1n) is 7.99. The summed E-state index contributed by atoms with van der Waals surface area (Å²) in [6, 6.07) is 7.57. The lowest BCUT2D eigenvalue weighted by Gasteiger charge is -2.39. The highest BCUT2D eigenvalue weighted by molar-refractivity contribution is 5.55. The van der Waals surface area contributed by atoms with Gasteiger partial charge in [0.1, 0.15) is 12.4 Å². The van der Waals surface area contributed by atoms with Crippen molar-refractivity contribution in [2.75, 3.05) is 26.4 Å². The van der Waals surface area contributed by atoms with E-state index >= 15 is 0 Å². The number of hydrogen-bond acceptors (Lipinski definition) is 6. The molecule has 1 N–H and O–H groups in total. The van der Waals surface area contributed by atoms with E-state index in [2.05, 4.69) is 17.1 Å². The van der Waals surface area contributed by atoms with Gasteiger partial charge in [-0.2, -0.15) is 4.98 Å². The van der Waals surface area contributed by atoms with Crippen LogP contribution in [0.5, 0.6) is 5.75 Å². The molecule has 6 nitrogen and oxygen atoms in total. The molecule has 2 heterocycles. The Labute approximate surface area is 135 Å². The predicted octanol–water partition coefficient (Wildman–Crippen LogP) is 2.47. The number of hydrogen-bond donors (Lipinski definition) is 1. The van der Waals surface area contributed by atoms with E-state index < -0.39 is 0 Å². The Morgan fingerprint density at radius 2 is 2.04 bits per heavy atom. The molecule has 1 fully saturated rings. The zero-order valence-electron chi connectivity index (χ0n) is 13.3. The SMILES string of the molecule is CCCCc1nc(-c2ccc(OCC3(CO)COC3)cc2)no1. The second-order valence-corrected chi connectivity index (χ2v) is 6.08. The number of unbranched alkanes of at least 4 members (excludes halogenated alkanes) is 1. The van der Waals surface area contributed by atoms with Crippen molar-refractivity contribution in [2.24, 2.45) is 5.41 Å². The van der Waals surface area contributed by atoms with Crippen LogP contribution in [0, 0.1) is 5.41 Å².